The van der Waals surface area contributed by atoms with Crippen molar-refractivity contribution in [1.29, 1.82) is 0 Å². The Bertz CT molecular complexity index is 1120. The van der Waals surface area contributed by atoms with Crippen LogP contribution in [0.15, 0.2) is 48.9 Å². The summed E-state index contributed by atoms with van der Waals surface area (Å²) in [5, 5.41) is 5.74. The van der Waals surface area contributed by atoms with Crippen LogP contribution in [-0.4, -0.2) is 45.2 Å². The highest BCUT2D eigenvalue weighted by Gasteiger charge is 2.30. The molecule has 2 fully saturated rings. The highest BCUT2D eigenvalue weighted by molar-refractivity contribution is 5.88. The topological polar surface area (TPSA) is 46.0 Å². The normalized spacial score (nSPS) is 22.1. The van der Waals surface area contributed by atoms with Crippen molar-refractivity contribution >= 4 is 16.6 Å². The number of fused-ring (bicyclic) bond motifs is 1. The number of benzene rings is 1. The third-order valence-corrected chi connectivity index (χ3v) is 7.30. The molecule has 0 amide bonds. The van der Waals surface area contributed by atoms with Gasteiger partial charge < -0.3 is 9.88 Å². The molecular weight excluding hydrogens is 401 g/mol. The molecule has 1 saturated heterocycles. The fraction of sp³-hybridized carbons (Fsp3) is 0.462. The Morgan fingerprint density at radius 3 is 2.56 bits per heavy atom. The molecule has 2 aromatic heterocycles. The number of aryl methyl sites for hydroxylation is 1. The van der Waals surface area contributed by atoms with Gasteiger partial charge in [-0.25, -0.2) is 14.4 Å². The van der Waals surface area contributed by atoms with Gasteiger partial charge in [-0.3, -0.25) is 4.90 Å². The van der Waals surface area contributed by atoms with Crippen molar-refractivity contribution in [2.24, 2.45) is 18.9 Å². The monoisotopic (exact) mass is 433 g/mol. The summed E-state index contributed by atoms with van der Waals surface area (Å²) in [6.07, 6.45) is 7.91. The van der Waals surface area contributed by atoms with Crippen molar-refractivity contribution in [3.05, 3.63) is 54.8 Å². The first kappa shape index (κ1) is 21.1. The van der Waals surface area contributed by atoms with E-state index in [1.807, 2.05) is 26.4 Å². The van der Waals surface area contributed by atoms with E-state index in [0.29, 0.717) is 24.9 Å². The molecule has 0 unspecified atom stereocenters. The minimum Gasteiger partial charge on any atom is -0.344 e. The summed E-state index contributed by atoms with van der Waals surface area (Å²) in [7, 11) is 2.04. The zero-order valence-corrected chi connectivity index (χ0v) is 19.0. The second-order valence-electron chi connectivity index (χ2n) is 9.56. The number of aromatic nitrogens is 3. The van der Waals surface area contributed by atoms with Crippen molar-refractivity contribution in [3.8, 4) is 11.3 Å². The Labute approximate surface area is 189 Å². The first-order valence-electron chi connectivity index (χ1n) is 11.7. The molecule has 2 aliphatic rings. The minimum absolute atomic E-state index is 0.470. The Hall–Kier alpha value is -2.73. The Morgan fingerprint density at radius 1 is 1.09 bits per heavy atom. The van der Waals surface area contributed by atoms with E-state index in [2.05, 4.69) is 55.6 Å². The molecule has 1 aromatic carbocycles. The molecule has 3 aromatic rings. The summed E-state index contributed by atoms with van der Waals surface area (Å²) in [6.45, 7) is 8.66. The van der Waals surface area contributed by atoms with Gasteiger partial charge in [0, 0.05) is 49.5 Å². The van der Waals surface area contributed by atoms with E-state index < -0.39 is 6.17 Å². The molecule has 0 atom stereocenters. The third kappa shape index (κ3) is 4.29. The van der Waals surface area contributed by atoms with Gasteiger partial charge in [0.2, 0.25) is 0 Å². The van der Waals surface area contributed by atoms with Crippen LogP contribution < -0.4 is 5.32 Å². The molecular formula is C26H32FN5. The number of anilines is 1. The maximum Gasteiger partial charge on any atom is 0.130 e. The number of nitrogens with one attached hydrogen (secondary N) is 1. The number of rotatable bonds is 6. The molecule has 0 spiro atoms. The quantitative estimate of drug-likeness (QED) is 0.571. The van der Waals surface area contributed by atoms with Crippen LogP contribution in [0.1, 0.15) is 31.5 Å². The summed E-state index contributed by atoms with van der Waals surface area (Å²) in [4.78, 5) is 11.3. The van der Waals surface area contributed by atoms with Crippen LogP contribution in [0.3, 0.4) is 0 Å². The van der Waals surface area contributed by atoms with E-state index in [9.17, 15) is 4.39 Å². The van der Waals surface area contributed by atoms with Crippen molar-refractivity contribution in [2.45, 2.75) is 38.8 Å². The van der Waals surface area contributed by atoms with Crippen LogP contribution in [0, 0.1) is 18.8 Å². The van der Waals surface area contributed by atoms with Crippen molar-refractivity contribution in [1.82, 2.24) is 19.4 Å². The van der Waals surface area contributed by atoms with E-state index >= 15 is 0 Å². The van der Waals surface area contributed by atoms with E-state index in [4.69, 9.17) is 0 Å². The van der Waals surface area contributed by atoms with Gasteiger partial charge >= 0.3 is 0 Å². The zero-order chi connectivity index (χ0) is 22.2. The Morgan fingerprint density at radius 2 is 1.88 bits per heavy atom. The Balaban J connectivity index is 1.23. The average Bonchev–Trinajstić information content (AvgIpc) is 3.11. The van der Waals surface area contributed by atoms with Crippen molar-refractivity contribution in [3.63, 3.8) is 0 Å². The molecule has 1 aliphatic heterocycles. The van der Waals surface area contributed by atoms with E-state index in [1.165, 1.54) is 12.8 Å². The molecule has 1 N–H and O–H groups in total. The largest absolute Gasteiger partial charge is 0.344 e. The number of hydrogen-bond donors (Lipinski definition) is 1. The minimum atomic E-state index is -0.603. The number of alkyl halides is 1. The van der Waals surface area contributed by atoms with Gasteiger partial charge in [0.25, 0.3) is 0 Å². The summed E-state index contributed by atoms with van der Waals surface area (Å²) >= 11 is 0. The molecule has 5 rings (SSSR count). The second kappa shape index (κ2) is 8.66. The SMILES string of the molecule is C=C(Nc1cc2cc(-c3cnc(C)n3C)ccc2cn1)C1CCC(CN2CC(F)C2)CC1. The first-order valence-corrected chi connectivity index (χ1v) is 11.7. The lowest BCUT2D eigenvalue weighted by Crippen LogP contribution is -2.50. The fourth-order valence-corrected chi connectivity index (χ4v) is 5.12. The number of allylic oxidation sites excluding steroid dienone is 1. The number of pyridine rings is 1. The van der Waals surface area contributed by atoms with Gasteiger partial charge in [-0.2, -0.15) is 0 Å². The lowest BCUT2D eigenvalue weighted by atomic mass is 9.80. The highest BCUT2D eigenvalue weighted by atomic mass is 19.1. The highest BCUT2D eigenvalue weighted by Crippen LogP contribution is 2.34. The van der Waals surface area contributed by atoms with Crippen LogP contribution in [0.5, 0.6) is 0 Å². The van der Waals surface area contributed by atoms with Crippen molar-refractivity contribution in [2.75, 3.05) is 25.0 Å². The lowest BCUT2D eigenvalue weighted by Gasteiger charge is -2.39. The second-order valence-corrected chi connectivity index (χ2v) is 9.56. The maximum atomic E-state index is 13.0. The molecule has 32 heavy (non-hydrogen) atoms. The van der Waals surface area contributed by atoms with Gasteiger partial charge in [-0.05, 0) is 62.0 Å². The van der Waals surface area contributed by atoms with E-state index in [1.54, 1.807) is 0 Å². The van der Waals surface area contributed by atoms with Crippen molar-refractivity contribution < 1.29 is 4.39 Å². The number of nitrogens with zero attached hydrogens (tertiary/aromatic N) is 4. The summed E-state index contributed by atoms with van der Waals surface area (Å²) in [6, 6.07) is 8.54. The Kier molecular flexibility index (Phi) is 5.72. The molecule has 6 heteroatoms. The summed E-state index contributed by atoms with van der Waals surface area (Å²) < 4.78 is 15.2. The zero-order valence-electron chi connectivity index (χ0n) is 19.0. The summed E-state index contributed by atoms with van der Waals surface area (Å²) in [5.74, 6) is 3.01. The predicted octanol–water partition coefficient (Wildman–Crippen LogP) is 5.33. The molecule has 168 valence electrons. The standard InChI is InChI=1S/C26H32FN5/c1-17(20-6-4-19(5-7-20)14-32-15-24(27)16-32)30-26-11-23-10-21(8-9-22(23)12-29-26)25-13-28-18(2)31(25)3/h8-13,19-20,24H,1,4-7,14-16H2,2-3H3,(H,29,30). The van der Waals surface area contributed by atoms with Gasteiger partial charge in [-0.1, -0.05) is 18.7 Å². The smallest absolute Gasteiger partial charge is 0.130 e. The molecule has 5 nitrogen and oxygen atoms in total. The van der Waals surface area contributed by atoms with Crippen LogP contribution in [0.25, 0.3) is 22.0 Å². The average molecular weight is 434 g/mol. The molecule has 0 radical (unpaired) electrons. The number of imidazole rings is 1. The van der Waals surface area contributed by atoms with Gasteiger partial charge in [0.1, 0.15) is 17.8 Å². The molecule has 1 aliphatic carbocycles. The molecule has 1 saturated carbocycles. The van der Waals surface area contributed by atoms with Crippen LogP contribution >= 0.6 is 0 Å². The van der Waals surface area contributed by atoms with Gasteiger partial charge in [0.15, 0.2) is 0 Å². The van der Waals surface area contributed by atoms with Crippen LogP contribution in [0.2, 0.25) is 0 Å². The number of likely N-dealkylation sites (tertiary alicyclic amines) is 1. The fourth-order valence-electron chi connectivity index (χ4n) is 5.12. The maximum absolute atomic E-state index is 13.0. The van der Waals surface area contributed by atoms with Gasteiger partial charge in [-0.15, -0.1) is 0 Å². The number of hydrogen-bond acceptors (Lipinski definition) is 4. The van der Waals surface area contributed by atoms with Crippen LogP contribution in [0.4, 0.5) is 10.2 Å². The molecule has 0 bridgehead atoms. The lowest BCUT2D eigenvalue weighted by molar-refractivity contribution is 0.0441. The van der Waals surface area contributed by atoms with E-state index in [-0.39, 0.29) is 0 Å². The summed E-state index contributed by atoms with van der Waals surface area (Å²) in [5.41, 5.74) is 3.31. The van der Waals surface area contributed by atoms with Gasteiger partial charge in [0.05, 0.1) is 11.9 Å². The van der Waals surface area contributed by atoms with Crippen LogP contribution in [-0.2, 0) is 7.05 Å². The molecule has 3 heterocycles. The number of halogens is 1. The van der Waals surface area contributed by atoms with E-state index in [0.717, 1.165) is 58.8 Å². The third-order valence-electron chi connectivity index (χ3n) is 7.30. The predicted molar refractivity (Wildman–Crippen MR) is 128 cm³/mol. The first-order chi connectivity index (χ1) is 15.5.